The van der Waals surface area contributed by atoms with Crippen molar-refractivity contribution in [1.29, 1.82) is 0 Å². The van der Waals surface area contributed by atoms with Gasteiger partial charge >= 0.3 is 6.18 Å². The molecule has 0 aliphatic carbocycles. The molecule has 0 atom stereocenters. The average molecular weight is 454 g/mol. The Morgan fingerprint density at radius 1 is 1.27 bits per heavy atom. The fourth-order valence-corrected chi connectivity index (χ4v) is 3.43. The van der Waals surface area contributed by atoms with Crippen molar-refractivity contribution in [3.05, 3.63) is 65.8 Å². The first-order chi connectivity index (χ1) is 14.3. The summed E-state index contributed by atoms with van der Waals surface area (Å²) in [4.78, 5) is 15.8. The molecule has 0 saturated heterocycles. The van der Waals surface area contributed by atoms with Crippen molar-refractivity contribution in [2.45, 2.75) is 17.9 Å². The zero-order valence-corrected chi connectivity index (χ0v) is 16.9. The predicted octanol–water partition coefficient (Wildman–Crippen LogP) is 4.93. The maximum absolute atomic E-state index is 12.7. The molecule has 0 fully saturated rings. The van der Waals surface area contributed by atoms with E-state index in [0.717, 1.165) is 17.3 Å². The predicted molar refractivity (Wildman–Crippen MR) is 109 cm³/mol. The zero-order valence-electron chi connectivity index (χ0n) is 15.4. The Morgan fingerprint density at radius 3 is 2.63 bits per heavy atom. The van der Waals surface area contributed by atoms with Crippen LogP contribution in [0.4, 0.5) is 19.0 Å². The van der Waals surface area contributed by atoms with Crippen LogP contribution in [0.2, 0.25) is 5.02 Å². The molecule has 0 unspecified atom stereocenters. The van der Waals surface area contributed by atoms with Gasteiger partial charge in [0.1, 0.15) is 0 Å². The van der Waals surface area contributed by atoms with Crippen LogP contribution >= 0.6 is 23.4 Å². The number of hydrogen-bond donors (Lipinski definition) is 1. The SMILES string of the molecule is C=CCn1c(SCC(=O)Nc2ncc(C(F)(F)F)cc2Cl)nnc1-c1ccccc1. The molecular weight excluding hydrogens is 439 g/mol. The van der Waals surface area contributed by atoms with E-state index >= 15 is 0 Å². The van der Waals surface area contributed by atoms with Crippen molar-refractivity contribution in [2.24, 2.45) is 0 Å². The maximum Gasteiger partial charge on any atom is 0.417 e. The molecule has 1 N–H and O–H groups in total. The number of nitrogens with one attached hydrogen (secondary N) is 1. The van der Waals surface area contributed by atoms with E-state index < -0.39 is 17.6 Å². The van der Waals surface area contributed by atoms with Crippen LogP contribution in [-0.2, 0) is 17.5 Å². The largest absolute Gasteiger partial charge is 0.417 e. The van der Waals surface area contributed by atoms with Gasteiger partial charge in [0.15, 0.2) is 16.8 Å². The van der Waals surface area contributed by atoms with Gasteiger partial charge in [-0.3, -0.25) is 9.36 Å². The van der Waals surface area contributed by atoms with Gasteiger partial charge in [-0.1, -0.05) is 59.8 Å². The molecule has 2 aromatic heterocycles. The lowest BCUT2D eigenvalue weighted by Gasteiger charge is -2.10. The van der Waals surface area contributed by atoms with Crippen LogP contribution in [0.15, 0.2) is 60.4 Å². The molecule has 156 valence electrons. The summed E-state index contributed by atoms with van der Waals surface area (Å²) >= 11 is 6.93. The molecule has 2 heterocycles. The van der Waals surface area contributed by atoms with Crippen LogP contribution < -0.4 is 5.32 Å². The number of benzene rings is 1. The van der Waals surface area contributed by atoms with Crippen LogP contribution in [0.25, 0.3) is 11.4 Å². The van der Waals surface area contributed by atoms with Crippen LogP contribution in [0, 0.1) is 0 Å². The minimum absolute atomic E-state index is 0.0664. The summed E-state index contributed by atoms with van der Waals surface area (Å²) in [5, 5.41) is 10.9. The van der Waals surface area contributed by atoms with Gasteiger partial charge in [-0.2, -0.15) is 13.2 Å². The second-order valence-corrected chi connectivity index (χ2v) is 7.31. The van der Waals surface area contributed by atoms with Crippen LogP contribution in [-0.4, -0.2) is 31.4 Å². The second-order valence-electron chi connectivity index (χ2n) is 5.96. The van der Waals surface area contributed by atoms with E-state index in [1.54, 1.807) is 6.08 Å². The highest BCUT2D eigenvalue weighted by Crippen LogP contribution is 2.32. The fraction of sp³-hybridized carbons (Fsp3) is 0.158. The number of aromatic nitrogens is 4. The summed E-state index contributed by atoms with van der Waals surface area (Å²) in [7, 11) is 0. The normalized spacial score (nSPS) is 11.3. The van der Waals surface area contributed by atoms with Crippen LogP contribution in [0.3, 0.4) is 0 Å². The van der Waals surface area contributed by atoms with Crippen molar-refractivity contribution < 1.29 is 18.0 Å². The number of halogens is 4. The highest BCUT2D eigenvalue weighted by atomic mass is 35.5. The third-order valence-electron chi connectivity index (χ3n) is 3.82. The molecule has 0 aliphatic rings. The Kier molecular flexibility index (Phi) is 6.78. The quantitative estimate of drug-likeness (QED) is 0.405. The van der Waals surface area contributed by atoms with Crippen molar-refractivity contribution in [2.75, 3.05) is 11.1 Å². The van der Waals surface area contributed by atoms with Crippen LogP contribution in [0.5, 0.6) is 0 Å². The van der Waals surface area contributed by atoms with E-state index in [9.17, 15) is 18.0 Å². The third kappa shape index (κ3) is 5.19. The summed E-state index contributed by atoms with van der Waals surface area (Å²) in [6.45, 7) is 4.17. The summed E-state index contributed by atoms with van der Waals surface area (Å²) in [6.07, 6.45) is -2.27. The first kappa shape index (κ1) is 21.8. The second kappa shape index (κ2) is 9.31. The van der Waals surface area contributed by atoms with Crippen molar-refractivity contribution >= 4 is 35.1 Å². The molecular formula is C19H15ClF3N5OS. The van der Waals surface area contributed by atoms with Gasteiger partial charge in [0.25, 0.3) is 0 Å². The molecule has 6 nitrogen and oxygen atoms in total. The number of nitrogens with zero attached hydrogens (tertiary/aromatic N) is 4. The number of thioether (sulfide) groups is 1. The smallest absolute Gasteiger partial charge is 0.309 e. The molecule has 11 heteroatoms. The lowest BCUT2D eigenvalue weighted by molar-refractivity contribution is -0.137. The first-order valence-corrected chi connectivity index (χ1v) is 9.91. The Hall–Kier alpha value is -2.85. The number of pyridine rings is 1. The van der Waals surface area contributed by atoms with Gasteiger partial charge in [-0.15, -0.1) is 16.8 Å². The Morgan fingerprint density at radius 2 is 2.00 bits per heavy atom. The van der Waals surface area contributed by atoms with Gasteiger partial charge < -0.3 is 5.32 Å². The van der Waals surface area contributed by atoms with Crippen molar-refractivity contribution in [1.82, 2.24) is 19.7 Å². The number of hydrogen-bond acceptors (Lipinski definition) is 5. The standard InChI is InChI=1S/C19H15ClF3N5OS/c1-2-8-28-17(12-6-4-3-5-7-12)26-27-18(28)30-11-15(29)25-16-14(20)9-13(10-24-16)19(21,22)23/h2-7,9-10H,1,8,11H2,(H,24,25,29). The van der Waals surface area contributed by atoms with Gasteiger partial charge in [-0.05, 0) is 6.07 Å². The van der Waals surface area contributed by atoms with Crippen molar-refractivity contribution in [3.63, 3.8) is 0 Å². The molecule has 0 saturated carbocycles. The first-order valence-electron chi connectivity index (χ1n) is 8.54. The fourth-order valence-electron chi connectivity index (χ4n) is 2.47. The Bertz CT molecular complexity index is 1060. The molecule has 3 rings (SSSR count). The van der Waals surface area contributed by atoms with E-state index in [2.05, 4.69) is 27.1 Å². The molecule has 0 spiro atoms. The van der Waals surface area contributed by atoms with E-state index in [0.29, 0.717) is 29.8 Å². The lowest BCUT2D eigenvalue weighted by Crippen LogP contribution is -2.16. The molecule has 0 radical (unpaired) electrons. The summed E-state index contributed by atoms with van der Waals surface area (Å²) < 4.78 is 39.9. The summed E-state index contributed by atoms with van der Waals surface area (Å²) in [6, 6.07) is 10.1. The van der Waals surface area contributed by atoms with E-state index in [-0.39, 0.29) is 16.6 Å². The van der Waals surface area contributed by atoms with Gasteiger partial charge in [0, 0.05) is 18.3 Å². The molecule has 3 aromatic rings. The van der Waals surface area contributed by atoms with E-state index in [1.807, 2.05) is 34.9 Å². The minimum atomic E-state index is -4.57. The summed E-state index contributed by atoms with van der Waals surface area (Å²) in [5.41, 5.74) is -0.130. The molecule has 30 heavy (non-hydrogen) atoms. The van der Waals surface area contributed by atoms with Gasteiger partial charge in [0.2, 0.25) is 5.91 Å². The minimum Gasteiger partial charge on any atom is -0.309 e. The lowest BCUT2D eigenvalue weighted by atomic mass is 10.2. The number of amides is 1. The van der Waals surface area contributed by atoms with Gasteiger partial charge in [-0.25, -0.2) is 4.98 Å². The average Bonchev–Trinajstić information content (AvgIpc) is 3.11. The zero-order chi connectivity index (χ0) is 21.7. The molecule has 1 aromatic carbocycles. The number of rotatable bonds is 7. The number of alkyl halides is 3. The highest BCUT2D eigenvalue weighted by molar-refractivity contribution is 7.99. The van der Waals surface area contributed by atoms with E-state index in [1.165, 1.54) is 0 Å². The third-order valence-corrected chi connectivity index (χ3v) is 5.07. The number of carbonyl (C=O) groups is 1. The van der Waals surface area contributed by atoms with E-state index in [4.69, 9.17) is 11.6 Å². The molecule has 0 bridgehead atoms. The Balaban J connectivity index is 1.69. The summed E-state index contributed by atoms with van der Waals surface area (Å²) in [5.74, 6) is -0.0782. The number of allylic oxidation sites excluding steroid dienone is 1. The molecule has 1 amide bonds. The molecule has 0 aliphatic heterocycles. The monoisotopic (exact) mass is 453 g/mol. The van der Waals surface area contributed by atoms with Gasteiger partial charge in [0.05, 0.1) is 16.3 Å². The van der Waals surface area contributed by atoms with Crippen molar-refractivity contribution in [3.8, 4) is 11.4 Å². The Labute approximate surface area is 179 Å². The topological polar surface area (TPSA) is 72.7 Å². The maximum atomic E-state index is 12.7. The van der Waals surface area contributed by atoms with Crippen LogP contribution in [0.1, 0.15) is 5.56 Å². The number of carbonyl (C=O) groups excluding carboxylic acids is 1. The highest BCUT2D eigenvalue weighted by Gasteiger charge is 2.31. The number of anilines is 1.